The topological polar surface area (TPSA) is 55.1 Å². The average Bonchev–Trinajstić information content (AvgIpc) is 2.80. The molecule has 3 nitrogen and oxygen atoms in total. The fraction of sp³-hybridized carbons (Fsp3) is 0.917. The quantitative estimate of drug-likeness (QED) is 0.726. The van der Waals surface area contributed by atoms with Crippen LogP contribution in [0.15, 0.2) is 0 Å². The second-order valence-corrected chi connectivity index (χ2v) is 5.55. The molecule has 3 atom stereocenters. The first kappa shape index (κ1) is 12.5. The molecule has 1 aliphatic carbocycles. The average molecular weight is 212 g/mol. The first-order valence-corrected chi connectivity index (χ1v) is 5.91. The summed E-state index contributed by atoms with van der Waals surface area (Å²) in [6.45, 7) is 9.33. The van der Waals surface area contributed by atoms with Crippen LogP contribution in [0, 0.1) is 17.3 Å². The molecule has 0 radical (unpaired) electrons. The van der Waals surface area contributed by atoms with Crippen LogP contribution in [-0.2, 0) is 4.79 Å². The lowest BCUT2D eigenvalue weighted by atomic mass is 9.99. The molecular formula is C12H24N2O. The molecule has 15 heavy (non-hydrogen) atoms. The van der Waals surface area contributed by atoms with E-state index in [4.69, 9.17) is 5.73 Å². The van der Waals surface area contributed by atoms with Gasteiger partial charge in [0.1, 0.15) is 0 Å². The van der Waals surface area contributed by atoms with Crippen molar-refractivity contribution in [2.45, 2.75) is 46.6 Å². The monoisotopic (exact) mass is 212 g/mol. The van der Waals surface area contributed by atoms with Crippen LogP contribution in [0.4, 0.5) is 0 Å². The number of hydrogen-bond donors (Lipinski definition) is 2. The molecule has 1 amide bonds. The molecule has 0 heterocycles. The standard InChI is InChI=1S/C12H24N2O/c1-5-8(2)10(13)11(15)14-7-9-6-12(9,3)4/h8-10H,5-7,13H2,1-4H3,(H,14,15)/t8?,9?,10-/m0/s1. The minimum Gasteiger partial charge on any atom is -0.354 e. The summed E-state index contributed by atoms with van der Waals surface area (Å²) >= 11 is 0. The summed E-state index contributed by atoms with van der Waals surface area (Å²) in [6, 6.07) is -0.350. The van der Waals surface area contributed by atoms with Gasteiger partial charge >= 0.3 is 0 Å². The molecule has 1 saturated carbocycles. The lowest BCUT2D eigenvalue weighted by molar-refractivity contribution is -0.123. The van der Waals surface area contributed by atoms with Crippen LogP contribution in [-0.4, -0.2) is 18.5 Å². The van der Waals surface area contributed by atoms with Crippen molar-refractivity contribution in [1.82, 2.24) is 5.32 Å². The van der Waals surface area contributed by atoms with E-state index in [0.29, 0.717) is 11.3 Å². The Bertz CT molecular complexity index is 238. The van der Waals surface area contributed by atoms with Gasteiger partial charge in [-0.1, -0.05) is 34.1 Å². The largest absolute Gasteiger partial charge is 0.354 e. The van der Waals surface area contributed by atoms with Crippen LogP contribution < -0.4 is 11.1 Å². The highest BCUT2D eigenvalue weighted by Gasteiger charge is 2.45. The minimum atomic E-state index is -0.350. The van der Waals surface area contributed by atoms with E-state index in [1.807, 2.05) is 6.92 Å². The van der Waals surface area contributed by atoms with Crippen molar-refractivity contribution in [2.75, 3.05) is 6.54 Å². The van der Waals surface area contributed by atoms with Crippen LogP contribution in [0.1, 0.15) is 40.5 Å². The maximum atomic E-state index is 11.7. The zero-order valence-corrected chi connectivity index (χ0v) is 10.3. The van der Waals surface area contributed by atoms with Gasteiger partial charge in [0, 0.05) is 6.54 Å². The first-order chi connectivity index (χ1) is 6.88. The van der Waals surface area contributed by atoms with E-state index in [1.165, 1.54) is 6.42 Å². The third-order valence-corrected chi connectivity index (χ3v) is 3.80. The van der Waals surface area contributed by atoms with Crippen molar-refractivity contribution < 1.29 is 4.79 Å². The number of carbonyl (C=O) groups is 1. The number of carbonyl (C=O) groups excluding carboxylic acids is 1. The van der Waals surface area contributed by atoms with Gasteiger partial charge in [-0.3, -0.25) is 4.79 Å². The van der Waals surface area contributed by atoms with Crippen molar-refractivity contribution in [3.63, 3.8) is 0 Å². The Kier molecular flexibility index (Phi) is 3.77. The van der Waals surface area contributed by atoms with Crippen LogP contribution in [0.2, 0.25) is 0 Å². The Hall–Kier alpha value is -0.570. The predicted octanol–water partition coefficient (Wildman–Crippen LogP) is 1.52. The number of amides is 1. The molecule has 1 aliphatic rings. The van der Waals surface area contributed by atoms with Crippen molar-refractivity contribution in [3.8, 4) is 0 Å². The summed E-state index contributed by atoms with van der Waals surface area (Å²) < 4.78 is 0. The molecular weight excluding hydrogens is 188 g/mol. The zero-order valence-electron chi connectivity index (χ0n) is 10.3. The summed E-state index contributed by atoms with van der Waals surface area (Å²) in [6.07, 6.45) is 2.16. The predicted molar refractivity (Wildman–Crippen MR) is 62.3 cm³/mol. The van der Waals surface area contributed by atoms with Crippen LogP contribution in [0.3, 0.4) is 0 Å². The third-order valence-electron chi connectivity index (χ3n) is 3.80. The van der Waals surface area contributed by atoms with Crippen molar-refractivity contribution >= 4 is 5.91 Å². The highest BCUT2D eigenvalue weighted by molar-refractivity contribution is 5.81. The first-order valence-electron chi connectivity index (χ1n) is 5.91. The Morgan fingerprint density at radius 1 is 1.60 bits per heavy atom. The summed E-state index contributed by atoms with van der Waals surface area (Å²) in [7, 11) is 0. The minimum absolute atomic E-state index is 0.00653. The second kappa shape index (κ2) is 4.52. The molecule has 0 aromatic carbocycles. The van der Waals surface area contributed by atoms with Crippen molar-refractivity contribution in [1.29, 1.82) is 0 Å². The van der Waals surface area contributed by atoms with E-state index < -0.39 is 0 Å². The molecule has 0 bridgehead atoms. The summed E-state index contributed by atoms with van der Waals surface area (Å²) in [5.74, 6) is 0.912. The summed E-state index contributed by atoms with van der Waals surface area (Å²) in [5, 5.41) is 2.95. The van der Waals surface area contributed by atoms with E-state index in [-0.39, 0.29) is 17.9 Å². The Morgan fingerprint density at radius 3 is 2.53 bits per heavy atom. The molecule has 0 saturated heterocycles. The lowest BCUT2D eigenvalue weighted by Crippen LogP contribution is -2.45. The van der Waals surface area contributed by atoms with Gasteiger partial charge in [-0.2, -0.15) is 0 Å². The number of hydrogen-bond acceptors (Lipinski definition) is 2. The van der Waals surface area contributed by atoms with Gasteiger partial charge in [0.15, 0.2) is 0 Å². The molecule has 88 valence electrons. The Labute approximate surface area is 92.8 Å². The molecule has 0 spiro atoms. The highest BCUT2D eigenvalue weighted by Crippen LogP contribution is 2.50. The molecule has 3 heteroatoms. The van der Waals surface area contributed by atoms with E-state index in [0.717, 1.165) is 13.0 Å². The smallest absolute Gasteiger partial charge is 0.237 e. The van der Waals surface area contributed by atoms with Crippen LogP contribution in [0.25, 0.3) is 0 Å². The SMILES string of the molecule is CCC(C)[C@H](N)C(=O)NCC1CC1(C)C. The van der Waals surface area contributed by atoms with Gasteiger partial charge in [0.25, 0.3) is 0 Å². The number of rotatable bonds is 5. The summed E-state index contributed by atoms with van der Waals surface area (Å²) in [5.41, 5.74) is 6.26. The van der Waals surface area contributed by atoms with Gasteiger partial charge in [-0.05, 0) is 23.7 Å². The fourth-order valence-electron chi connectivity index (χ4n) is 1.78. The van der Waals surface area contributed by atoms with E-state index >= 15 is 0 Å². The third kappa shape index (κ3) is 3.20. The molecule has 2 unspecified atom stereocenters. The van der Waals surface area contributed by atoms with Crippen LogP contribution >= 0.6 is 0 Å². The van der Waals surface area contributed by atoms with E-state index in [2.05, 4.69) is 26.1 Å². The number of nitrogens with two attached hydrogens (primary N) is 1. The molecule has 3 N–H and O–H groups in total. The molecule has 0 aromatic rings. The van der Waals surface area contributed by atoms with E-state index in [1.54, 1.807) is 0 Å². The van der Waals surface area contributed by atoms with Crippen molar-refractivity contribution in [3.05, 3.63) is 0 Å². The number of nitrogens with one attached hydrogen (secondary N) is 1. The molecule has 1 rings (SSSR count). The van der Waals surface area contributed by atoms with Crippen LogP contribution in [0.5, 0.6) is 0 Å². The fourth-order valence-corrected chi connectivity index (χ4v) is 1.78. The van der Waals surface area contributed by atoms with Gasteiger partial charge in [-0.25, -0.2) is 0 Å². The maximum absolute atomic E-state index is 11.7. The maximum Gasteiger partial charge on any atom is 0.237 e. The highest BCUT2D eigenvalue weighted by atomic mass is 16.2. The second-order valence-electron chi connectivity index (χ2n) is 5.55. The Balaban J connectivity index is 2.24. The molecule has 0 aromatic heterocycles. The van der Waals surface area contributed by atoms with E-state index in [9.17, 15) is 4.79 Å². The van der Waals surface area contributed by atoms with Gasteiger partial charge in [0.2, 0.25) is 5.91 Å². The molecule has 0 aliphatic heterocycles. The normalized spacial score (nSPS) is 26.9. The Morgan fingerprint density at radius 2 is 2.13 bits per heavy atom. The van der Waals surface area contributed by atoms with Gasteiger partial charge < -0.3 is 11.1 Å². The lowest BCUT2D eigenvalue weighted by Gasteiger charge is -2.17. The zero-order chi connectivity index (χ0) is 11.6. The summed E-state index contributed by atoms with van der Waals surface area (Å²) in [4.78, 5) is 11.7. The molecule has 1 fully saturated rings. The van der Waals surface area contributed by atoms with Crippen molar-refractivity contribution in [2.24, 2.45) is 23.0 Å². The van der Waals surface area contributed by atoms with Gasteiger partial charge in [-0.15, -0.1) is 0 Å². The van der Waals surface area contributed by atoms with Gasteiger partial charge in [0.05, 0.1) is 6.04 Å².